The molecule has 1 heterocycles. The van der Waals surface area contributed by atoms with E-state index in [-0.39, 0.29) is 30.7 Å². The summed E-state index contributed by atoms with van der Waals surface area (Å²) in [6, 6.07) is 19.2. The summed E-state index contributed by atoms with van der Waals surface area (Å²) < 4.78 is 0. The molecule has 1 aliphatic heterocycles. The van der Waals surface area contributed by atoms with Crippen LogP contribution in [0.5, 0.6) is 0 Å². The summed E-state index contributed by atoms with van der Waals surface area (Å²) >= 11 is 14.0. The van der Waals surface area contributed by atoms with Crippen LogP contribution < -0.4 is 10.6 Å². The van der Waals surface area contributed by atoms with Crippen molar-refractivity contribution >= 4 is 63.5 Å². The van der Waals surface area contributed by atoms with Gasteiger partial charge in [0.2, 0.25) is 17.7 Å². The van der Waals surface area contributed by atoms with Gasteiger partial charge in [-0.15, -0.1) is 11.8 Å². The number of nitrogens with zero attached hydrogens (tertiary/aromatic N) is 2. The zero-order valence-corrected chi connectivity index (χ0v) is 23.6. The predicted octanol–water partition coefficient (Wildman–Crippen LogP) is 4.47. The Morgan fingerprint density at radius 1 is 1.00 bits per heavy atom. The Bertz CT molecular complexity index is 1330. The number of halogens is 2. The number of benzene rings is 3. The lowest BCUT2D eigenvalue weighted by molar-refractivity contribution is -0.132. The zero-order valence-electron chi connectivity index (χ0n) is 21.2. The van der Waals surface area contributed by atoms with Gasteiger partial charge in [0.1, 0.15) is 5.37 Å². The van der Waals surface area contributed by atoms with Gasteiger partial charge in [-0.05, 0) is 42.6 Å². The van der Waals surface area contributed by atoms with Gasteiger partial charge in [-0.2, -0.15) is 0 Å². The molecule has 4 rings (SSSR count). The second-order valence-electron chi connectivity index (χ2n) is 9.38. The highest BCUT2D eigenvalue weighted by atomic mass is 35.5. The largest absolute Gasteiger partial charge is 0.353 e. The van der Waals surface area contributed by atoms with Crippen LogP contribution in [-0.2, 0) is 20.9 Å². The average molecular weight is 574 g/mol. The average Bonchev–Trinajstić information content (AvgIpc) is 3.16. The Balaban J connectivity index is 1.43. The molecule has 0 unspecified atom stereocenters. The summed E-state index contributed by atoms with van der Waals surface area (Å²) in [6.45, 7) is 1.22. The van der Waals surface area contributed by atoms with Crippen LogP contribution in [-0.4, -0.2) is 66.5 Å². The van der Waals surface area contributed by atoms with Crippen molar-refractivity contribution in [2.24, 2.45) is 0 Å². The van der Waals surface area contributed by atoms with Gasteiger partial charge < -0.3 is 20.4 Å². The second-order valence-corrected chi connectivity index (χ2v) is 11.5. The van der Waals surface area contributed by atoms with Crippen molar-refractivity contribution < 1.29 is 14.4 Å². The minimum atomic E-state index is -0.572. The van der Waals surface area contributed by atoms with Crippen molar-refractivity contribution in [2.75, 3.05) is 33.7 Å². The third kappa shape index (κ3) is 6.99. The van der Waals surface area contributed by atoms with Crippen LogP contribution in [0, 0.1) is 0 Å². The first-order chi connectivity index (χ1) is 18.2. The quantitative estimate of drug-likeness (QED) is 0.374. The summed E-state index contributed by atoms with van der Waals surface area (Å²) in [6.07, 6.45) is 0.0411. The normalized spacial score (nSPS) is 17.3. The Hall–Kier alpha value is -2.78. The van der Waals surface area contributed by atoms with E-state index in [1.165, 1.54) is 11.8 Å². The SMILES string of the molecule is CN(C)CC(=O)NCCN1C(=O)[C@@H](CC(=O)NCc2cccc3ccccc23)S[C@@H]1c1ccc(Cl)cc1Cl. The minimum absolute atomic E-state index is 0.0411. The molecule has 3 amide bonds. The highest BCUT2D eigenvalue weighted by molar-refractivity contribution is 8.01. The van der Waals surface area contributed by atoms with E-state index in [0.717, 1.165) is 21.9 Å². The van der Waals surface area contributed by atoms with Gasteiger partial charge in [-0.1, -0.05) is 71.7 Å². The molecule has 38 heavy (non-hydrogen) atoms. The molecule has 10 heteroatoms. The number of thioether (sulfide) groups is 1. The van der Waals surface area contributed by atoms with Gasteiger partial charge >= 0.3 is 0 Å². The molecule has 1 saturated heterocycles. The number of carbonyl (C=O) groups is 3. The van der Waals surface area contributed by atoms with Crippen LogP contribution in [0.15, 0.2) is 60.7 Å². The molecule has 1 aliphatic rings. The molecular formula is C28H30Cl2N4O3S. The first kappa shape index (κ1) is 28.2. The molecule has 0 spiro atoms. The van der Waals surface area contributed by atoms with E-state index in [1.54, 1.807) is 28.0 Å². The van der Waals surface area contributed by atoms with E-state index in [2.05, 4.69) is 10.6 Å². The molecule has 7 nitrogen and oxygen atoms in total. The fourth-order valence-electron chi connectivity index (χ4n) is 4.43. The first-order valence-electron chi connectivity index (χ1n) is 12.3. The van der Waals surface area contributed by atoms with E-state index in [1.807, 2.05) is 56.6 Å². The van der Waals surface area contributed by atoms with Gasteiger partial charge in [0.15, 0.2) is 0 Å². The van der Waals surface area contributed by atoms with Crippen LogP contribution in [0.1, 0.15) is 22.9 Å². The molecule has 0 bridgehead atoms. The number of fused-ring (bicyclic) bond motifs is 1. The van der Waals surface area contributed by atoms with Crippen LogP contribution in [0.4, 0.5) is 0 Å². The lowest BCUT2D eigenvalue weighted by Crippen LogP contribution is -2.41. The van der Waals surface area contributed by atoms with Crippen LogP contribution >= 0.6 is 35.0 Å². The Morgan fingerprint density at radius 3 is 2.53 bits per heavy atom. The van der Waals surface area contributed by atoms with Gasteiger partial charge in [-0.25, -0.2) is 0 Å². The predicted molar refractivity (Wildman–Crippen MR) is 154 cm³/mol. The highest BCUT2D eigenvalue weighted by Crippen LogP contribution is 2.46. The van der Waals surface area contributed by atoms with E-state index < -0.39 is 10.6 Å². The van der Waals surface area contributed by atoms with Crippen LogP contribution in [0.2, 0.25) is 10.0 Å². The maximum atomic E-state index is 13.4. The molecule has 0 radical (unpaired) electrons. The fraction of sp³-hybridized carbons (Fsp3) is 0.321. The summed E-state index contributed by atoms with van der Waals surface area (Å²) in [5.41, 5.74) is 1.76. The number of hydrogen-bond donors (Lipinski definition) is 2. The third-order valence-electron chi connectivity index (χ3n) is 6.22. The monoisotopic (exact) mass is 572 g/mol. The van der Waals surface area contributed by atoms with Crippen LogP contribution in [0.25, 0.3) is 10.8 Å². The summed E-state index contributed by atoms with van der Waals surface area (Å²) in [5, 5.41) is 8.00. The third-order valence-corrected chi connectivity index (χ3v) is 8.25. The fourth-order valence-corrected chi connectivity index (χ4v) is 6.53. The van der Waals surface area contributed by atoms with E-state index >= 15 is 0 Å². The molecule has 3 aromatic rings. The summed E-state index contributed by atoms with van der Waals surface area (Å²) in [7, 11) is 3.63. The maximum Gasteiger partial charge on any atom is 0.237 e. The topological polar surface area (TPSA) is 81.8 Å². The highest BCUT2D eigenvalue weighted by Gasteiger charge is 2.42. The number of nitrogens with one attached hydrogen (secondary N) is 2. The molecule has 2 atom stereocenters. The van der Waals surface area contributed by atoms with Gasteiger partial charge in [0.05, 0.1) is 11.8 Å². The van der Waals surface area contributed by atoms with Crippen molar-refractivity contribution in [3.05, 3.63) is 81.8 Å². The first-order valence-corrected chi connectivity index (χ1v) is 14.0. The number of carbonyl (C=O) groups excluding carboxylic acids is 3. The second kappa shape index (κ2) is 12.8. The minimum Gasteiger partial charge on any atom is -0.353 e. The van der Waals surface area contributed by atoms with Crippen molar-refractivity contribution in [3.63, 3.8) is 0 Å². The Kier molecular flexibility index (Phi) is 9.54. The molecule has 200 valence electrons. The molecule has 0 aromatic heterocycles. The van der Waals surface area contributed by atoms with E-state index in [4.69, 9.17) is 23.2 Å². The van der Waals surface area contributed by atoms with Crippen molar-refractivity contribution in [1.82, 2.24) is 20.4 Å². The smallest absolute Gasteiger partial charge is 0.237 e. The molecule has 0 aliphatic carbocycles. The number of hydrogen-bond acceptors (Lipinski definition) is 5. The van der Waals surface area contributed by atoms with Crippen LogP contribution in [0.3, 0.4) is 0 Å². The molecule has 3 aromatic carbocycles. The molecule has 2 N–H and O–H groups in total. The molecule has 1 fully saturated rings. The Labute approximate surface area is 236 Å². The number of likely N-dealkylation sites (N-methyl/N-ethyl adjacent to an activating group) is 1. The Morgan fingerprint density at radius 2 is 1.76 bits per heavy atom. The van der Waals surface area contributed by atoms with E-state index in [0.29, 0.717) is 29.7 Å². The lowest BCUT2D eigenvalue weighted by atomic mass is 10.0. The number of rotatable bonds is 10. The zero-order chi connectivity index (χ0) is 27.2. The van der Waals surface area contributed by atoms with Gasteiger partial charge in [-0.3, -0.25) is 14.4 Å². The van der Waals surface area contributed by atoms with E-state index in [9.17, 15) is 14.4 Å². The summed E-state index contributed by atoms with van der Waals surface area (Å²) in [5.74, 6) is -0.487. The lowest BCUT2D eigenvalue weighted by Gasteiger charge is -2.25. The van der Waals surface area contributed by atoms with Crippen molar-refractivity contribution in [1.29, 1.82) is 0 Å². The number of amides is 3. The van der Waals surface area contributed by atoms with Gasteiger partial charge in [0, 0.05) is 41.7 Å². The van der Waals surface area contributed by atoms with Gasteiger partial charge in [0.25, 0.3) is 0 Å². The van der Waals surface area contributed by atoms with Crippen molar-refractivity contribution in [2.45, 2.75) is 23.6 Å². The maximum absolute atomic E-state index is 13.4. The summed E-state index contributed by atoms with van der Waals surface area (Å²) in [4.78, 5) is 41.9. The molecule has 0 saturated carbocycles. The molecular weight excluding hydrogens is 543 g/mol. The standard InChI is InChI=1S/C28H30Cl2N4O3S/c1-33(2)17-26(36)31-12-13-34-27(37)24(38-28(34)22-11-10-20(29)14-23(22)30)15-25(35)32-16-19-8-5-7-18-6-3-4-9-21(18)19/h3-11,14,24,28H,12-13,15-17H2,1-2H3,(H,31,36)(H,32,35)/t24-,28-/m1/s1. The van der Waals surface area contributed by atoms with Crippen molar-refractivity contribution in [3.8, 4) is 0 Å².